The minimum Gasteiger partial charge on any atom is -0.383 e. The summed E-state index contributed by atoms with van der Waals surface area (Å²) in [6.45, 7) is -0.0678. The zero-order valence-corrected chi connectivity index (χ0v) is 11.4. The average Bonchev–Trinajstić information content (AvgIpc) is 2.41. The van der Waals surface area contributed by atoms with Gasteiger partial charge < -0.3 is 11.1 Å². The van der Waals surface area contributed by atoms with E-state index < -0.39 is 25.5 Å². The monoisotopic (exact) mass is 322 g/mol. The van der Waals surface area contributed by atoms with Crippen LogP contribution in [0.5, 0.6) is 0 Å². The number of nitrogens with two attached hydrogens (primary N) is 1. The summed E-state index contributed by atoms with van der Waals surface area (Å²) in [5, 5.41) is 4.83. The average molecular weight is 322 g/mol. The number of halogens is 3. The molecule has 0 saturated carbocycles. The quantitative estimate of drug-likeness (QED) is 0.597. The molecule has 0 radical (unpaired) electrons. The van der Waals surface area contributed by atoms with Crippen molar-refractivity contribution in [2.75, 3.05) is 18.9 Å². The van der Waals surface area contributed by atoms with Crippen molar-refractivity contribution in [1.29, 1.82) is 0 Å². The zero-order chi connectivity index (χ0) is 16.8. The summed E-state index contributed by atoms with van der Waals surface area (Å²) >= 11 is 0. The summed E-state index contributed by atoms with van der Waals surface area (Å²) in [6.07, 6.45) is -3.47. The van der Waals surface area contributed by atoms with Gasteiger partial charge in [0.05, 0.1) is 18.4 Å². The van der Waals surface area contributed by atoms with Crippen molar-refractivity contribution in [2.24, 2.45) is 5.29 Å². The second-order valence-corrected chi connectivity index (χ2v) is 3.99. The number of carbonyl (C=O) groups is 1. The molecule has 0 spiro atoms. The normalized spacial score (nSPS) is 11.1. The Hall–Kier alpha value is -2.50. The second kappa shape index (κ2) is 7.49. The molecule has 9 nitrogen and oxygen atoms in total. The van der Waals surface area contributed by atoms with Crippen LogP contribution in [-0.4, -0.2) is 40.5 Å². The number of urea groups is 1. The van der Waals surface area contributed by atoms with E-state index in [1.165, 1.54) is 6.20 Å². The third-order valence-corrected chi connectivity index (χ3v) is 2.35. The van der Waals surface area contributed by atoms with E-state index in [0.29, 0.717) is 11.4 Å². The van der Waals surface area contributed by atoms with Gasteiger partial charge >= 0.3 is 12.4 Å². The Morgan fingerprint density at radius 2 is 2.23 bits per heavy atom. The molecule has 1 aromatic rings. The van der Waals surface area contributed by atoms with E-state index in [0.717, 1.165) is 0 Å². The summed E-state index contributed by atoms with van der Waals surface area (Å²) in [5.41, 5.74) is 5.98. The Bertz CT molecular complexity index is 539. The van der Waals surface area contributed by atoms with Crippen LogP contribution in [0.25, 0.3) is 0 Å². The second-order valence-electron chi connectivity index (χ2n) is 3.99. The van der Waals surface area contributed by atoms with Gasteiger partial charge in [-0.3, -0.25) is 4.74 Å². The molecule has 1 rings (SSSR count). The van der Waals surface area contributed by atoms with Crippen LogP contribution in [0.3, 0.4) is 0 Å². The third kappa shape index (κ3) is 5.87. The Labute approximate surface area is 122 Å². The van der Waals surface area contributed by atoms with Crippen molar-refractivity contribution < 1.29 is 22.7 Å². The number of nitrogens with zero attached hydrogens (tertiary/aromatic N) is 4. The van der Waals surface area contributed by atoms with E-state index in [1.807, 2.05) is 0 Å². The molecule has 122 valence electrons. The summed E-state index contributed by atoms with van der Waals surface area (Å²) in [5.74, 6) is 0.576. The smallest absolute Gasteiger partial charge is 0.383 e. The Morgan fingerprint density at radius 1 is 1.55 bits per heavy atom. The number of anilines is 1. The van der Waals surface area contributed by atoms with Crippen LogP contribution in [0.4, 0.5) is 23.8 Å². The van der Waals surface area contributed by atoms with Gasteiger partial charge in [-0.25, -0.2) is 14.8 Å². The van der Waals surface area contributed by atoms with Crippen LogP contribution in [0, 0.1) is 11.8 Å². The van der Waals surface area contributed by atoms with E-state index in [2.05, 4.69) is 25.3 Å². The van der Waals surface area contributed by atoms with Crippen LogP contribution in [0.1, 0.15) is 11.4 Å². The molecule has 0 unspecified atom stereocenters. The van der Waals surface area contributed by atoms with Crippen molar-refractivity contribution in [3.8, 4) is 0 Å². The predicted octanol–water partition coefficient (Wildman–Crippen LogP) is 1.10. The Balaban J connectivity index is 2.49. The fourth-order valence-electron chi connectivity index (χ4n) is 1.34. The van der Waals surface area contributed by atoms with Gasteiger partial charge in [-0.2, -0.15) is 5.01 Å². The first kappa shape index (κ1) is 17.6. The summed E-state index contributed by atoms with van der Waals surface area (Å²) in [7, 11) is 0. The molecule has 12 heteroatoms. The molecular formula is C10H13F3N6O3. The van der Waals surface area contributed by atoms with Gasteiger partial charge in [-0.05, 0) is 6.92 Å². The number of nitroso groups, excluding NO2 is 1. The molecule has 0 aliphatic heterocycles. The Morgan fingerprint density at radius 3 is 2.77 bits per heavy atom. The van der Waals surface area contributed by atoms with E-state index in [4.69, 9.17) is 5.73 Å². The molecule has 1 aromatic heterocycles. The first-order valence-electron chi connectivity index (χ1n) is 5.90. The number of aromatic nitrogens is 2. The molecule has 1 heterocycles. The van der Waals surface area contributed by atoms with Crippen LogP contribution in [-0.2, 0) is 11.3 Å². The topological polar surface area (TPSA) is 123 Å². The number of carbonyl (C=O) groups excluding carboxylic acids is 1. The molecule has 0 aliphatic rings. The molecule has 0 aliphatic carbocycles. The van der Waals surface area contributed by atoms with Crippen LogP contribution < -0.4 is 11.1 Å². The van der Waals surface area contributed by atoms with Gasteiger partial charge in [-0.15, -0.1) is 18.1 Å². The van der Waals surface area contributed by atoms with Gasteiger partial charge in [0.15, 0.2) is 0 Å². The number of ether oxygens (including phenoxy) is 1. The van der Waals surface area contributed by atoms with Gasteiger partial charge in [0.2, 0.25) is 0 Å². The lowest BCUT2D eigenvalue weighted by atomic mass is 10.3. The van der Waals surface area contributed by atoms with Crippen molar-refractivity contribution >= 4 is 11.8 Å². The maximum Gasteiger partial charge on any atom is 0.522 e. The summed E-state index contributed by atoms with van der Waals surface area (Å²) in [6, 6.07) is -0.999. The number of nitrogen functional groups attached to an aromatic ring is 1. The fourth-order valence-corrected chi connectivity index (χ4v) is 1.34. The number of aryl methyl sites for hydroxylation is 1. The van der Waals surface area contributed by atoms with Crippen molar-refractivity contribution in [3.63, 3.8) is 0 Å². The SMILES string of the molecule is Cc1ncc(CNC(=O)N(CCOC(F)(F)F)N=O)c(N)n1. The van der Waals surface area contributed by atoms with Crippen molar-refractivity contribution in [3.05, 3.63) is 22.5 Å². The summed E-state index contributed by atoms with van der Waals surface area (Å²) < 4.78 is 38.8. The zero-order valence-electron chi connectivity index (χ0n) is 11.4. The molecule has 3 N–H and O–H groups in total. The Kier molecular flexibility index (Phi) is 5.98. The maximum absolute atomic E-state index is 11.8. The lowest BCUT2D eigenvalue weighted by Gasteiger charge is -2.15. The standard InChI is InChI=1S/C10H13F3N6O3/c1-6-15-4-7(8(14)17-6)5-16-9(20)19(18-21)2-3-22-10(11,12)13/h4H,2-3,5H2,1H3,(H,16,20)(H2,14,15,17). The highest BCUT2D eigenvalue weighted by Crippen LogP contribution is 2.15. The number of amides is 2. The predicted molar refractivity (Wildman–Crippen MR) is 67.9 cm³/mol. The highest BCUT2D eigenvalue weighted by atomic mass is 19.4. The van der Waals surface area contributed by atoms with E-state index in [1.54, 1.807) is 6.92 Å². The molecule has 0 atom stereocenters. The third-order valence-electron chi connectivity index (χ3n) is 2.35. The number of hydrogen-bond acceptors (Lipinski definition) is 7. The van der Waals surface area contributed by atoms with Crippen molar-refractivity contribution in [1.82, 2.24) is 20.3 Å². The van der Waals surface area contributed by atoms with Crippen molar-refractivity contribution in [2.45, 2.75) is 19.8 Å². The molecule has 0 saturated heterocycles. The van der Waals surface area contributed by atoms with Gasteiger partial charge in [0, 0.05) is 18.3 Å². The number of hydrogen-bond donors (Lipinski definition) is 2. The van der Waals surface area contributed by atoms with Crippen LogP contribution in [0.2, 0.25) is 0 Å². The summed E-state index contributed by atoms with van der Waals surface area (Å²) in [4.78, 5) is 29.8. The molecule has 0 bridgehead atoms. The van der Waals surface area contributed by atoms with E-state index in [9.17, 15) is 22.9 Å². The minimum atomic E-state index is -4.85. The fraction of sp³-hybridized carbons (Fsp3) is 0.500. The maximum atomic E-state index is 11.8. The number of nitrogens with one attached hydrogen (secondary N) is 1. The van der Waals surface area contributed by atoms with Crippen LogP contribution in [0.15, 0.2) is 11.5 Å². The van der Waals surface area contributed by atoms with Gasteiger partial charge in [0.1, 0.15) is 11.6 Å². The highest BCUT2D eigenvalue weighted by Gasteiger charge is 2.29. The molecule has 22 heavy (non-hydrogen) atoms. The number of alkyl halides is 3. The molecular weight excluding hydrogens is 309 g/mol. The number of rotatable bonds is 6. The molecule has 2 amide bonds. The lowest BCUT2D eigenvalue weighted by molar-refractivity contribution is -0.324. The molecule has 0 aromatic carbocycles. The first-order valence-corrected chi connectivity index (χ1v) is 5.90. The van der Waals surface area contributed by atoms with E-state index >= 15 is 0 Å². The van der Waals surface area contributed by atoms with Gasteiger partial charge in [-0.1, -0.05) is 0 Å². The lowest BCUT2D eigenvalue weighted by Crippen LogP contribution is -2.38. The first-order chi connectivity index (χ1) is 10.2. The molecule has 0 fully saturated rings. The van der Waals surface area contributed by atoms with Crippen LogP contribution >= 0.6 is 0 Å². The van der Waals surface area contributed by atoms with Gasteiger partial charge in [0.25, 0.3) is 0 Å². The minimum absolute atomic E-state index is 0.114. The highest BCUT2D eigenvalue weighted by molar-refractivity contribution is 5.73. The largest absolute Gasteiger partial charge is 0.522 e. The van der Waals surface area contributed by atoms with E-state index in [-0.39, 0.29) is 17.4 Å².